The molecule has 0 bridgehead atoms. The van der Waals surface area contributed by atoms with Crippen molar-refractivity contribution in [3.63, 3.8) is 0 Å². The van der Waals surface area contributed by atoms with Crippen LogP contribution in [0.25, 0.3) is 10.9 Å². The highest BCUT2D eigenvalue weighted by Gasteiger charge is 2.53. The molecule has 7 heteroatoms. The summed E-state index contributed by atoms with van der Waals surface area (Å²) in [5.74, 6) is -0.435. The summed E-state index contributed by atoms with van der Waals surface area (Å²) in [6.07, 6.45) is 2.13. The zero-order chi connectivity index (χ0) is 30.4. The summed E-state index contributed by atoms with van der Waals surface area (Å²) in [5, 5.41) is 4.14. The first-order chi connectivity index (χ1) is 21.4. The Morgan fingerprint density at radius 2 is 1.61 bits per heavy atom. The molecule has 2 aliphatic rings. The predicted molar refractivity (Wildman–Crippen MR) is 172 cm³/mol. The standard InChI is InChI=1S/C37H34N4O3/c1-23-10-6-7-13-28(23)34-33-30(29-14-8-9-15-31(29)39-33)22-32-36(43)40(37(44)41(32)34)27-20-18-26(19-21-27)35(42)38-24(2)16-17-25-11-4-3-5-12-25/h3-15,18-21,24,32,34,39H,16-17,22H2,1-2H3,(H,38,42). The van der Waals surface area contributed by atoms with Crippen LogP contribution in [0.1, 0.15) is 57.7 Å². The maximum atomic E-state index is 14.2. The summed E-state index contributed by atoms with van der Waals surface area (Å²) in [5.41, 5.74) is 7.24. The number of fused-ring (bicyclic) bond motifs is 4. The van der Waals surface area contributed by atoms with Crippen LogP contribution in [0.4, 0.5) is 10.5 Å². The van der Waals surface area contributed by atoms with Gasteiger partial charge in [-0.05, 0) is 79.3 Å². The number of H-pyrrole nitrogens is 1. The number of anilines is 1. The zero-order valence-corrected chi connectivity index (χ0v) is 24.8. The van der Waals surface area contributed by atoms with Crippen LogP contribution in [0.5, 0.6) is 0 Å². The molecule has 1 aromatic heterocycles. The van der Waals surface area contributed by atoms with Crippen molar-refractivity contribution < 1.29 is 14.4 Å². The number of hydrogen-bond donors (Lipinski definition) is 2. The molecule has 220 valence electrons. The van der Waals surface area contributed by atoms with E-state index in [1.807, 2.05) is 74.5 Å². The summed E-state index contributed by atoms with van der Waals surface area (Å²) >= 11 is 0. The lowest BCUT2D eigenvalue weighted by atomic mass is 9.87. The molecule has 2 aliphatic heterocycles. The number of aromatic amines is 1. The number of para-hydroxylation sites is 1. The second kappa shape index (κ2) is 11.2. The van der Waals surface area contributed by atoms with Gasteiger partial charge in [-0.2, -0.15) is 0 Å². The monoisotopic (exact) mass is 582 g/mol. The van der Waals surface area contributed by atoms with Gasteiger partial charge in [-0.15, -0.1) is 0 Å². The van der Waals surface area contributed by atoms with Crippen molar-refractivity contribution in [1.82, 2.24) is 15.2 Å². The van der Waals surface area contributed by atoms with Crippen molar-refractivity contribution in [3.8, 4) is 0 Å². The van der Waals surface area contributed by atoms with Crippen molar-refractivity contribution in [2.75, 3.05) is 4.90 Å². The largest absolute Gasteiger partial charge is 0.356 e. The molecular weight excluding hydrogens is 548 g/mol. The Morgan fingerprint density at radius 3 is 2.39 bits per heavy atom. The van der Waals surface area contributed by atoms with Gasteiger partial charge in [0.1, 0.15) is 12.1 Å². The lowest BCUT2D eigenvalue weighted by Crippen LogP contribution is -2.44. The minimum atomic E-state index is -0.632. The van der Waals surface area contributed by atoms with E-state index in [9.17, 15) is 14.4 Å². The van der Waals surface area contributed by atoms with Crippen molar-refractivity contribution >= 4 is 34.4 Å². The number of hydrogen-bond acceptors (Lipinski definition) is 3. The molecule has 1 fully saturated rings. The van der Waals surface area contributed by atoms with Crippen molar-refractivity contribution in [1.29, 1.82) is 0 Å². The van der Waals surface area contributed by atoms with Gasteiger partial charge in [0.2, 0.25) is 0 Å². The summed E-state index contributed by atoms with van der Waals surface area (Å²) in [4.78, 5) is 47.8. The molecule has 5 aromatic rings. The Hall–Kier alpha value is -5.17. The minimum Gasteiger partial charge on any atom is -0.356 e. The smallest absolute Gasteiger partial charge is 0.332 e. The number of nitrogens with zero attached hydrogens (tertiary/aromatic N) is 2. The molecule has 3 atom stereocenters. The summed E-state index contributed by atoms with van der Waals surface area (Å²) < 4.78 is 0. The van der Waals surface area contributed by atoms with E-state index in [1.165, 1.54) is 10.5 Å². The normalized spacial score (nSPS) is 18.3. The second-order valence-corrected chi connectivity index (χ2v) is 11.9. The number of carbonyl (C=O) groups is 3. The van der Waals surface area contributed by atoms with Crippen molar-refractivity contribution in [2.45, 2.75) is 51.2 Å². The van der Waals surface area contributed by atoms with Crippen LogP contribution in [0.2, 0.25) is 0 Å². The molecule has 3 heterocycles. The van der Waals surface area contributed by atoms with Crippen LogP contribution in [-0.4, -0.2) is 39.8 Å². The predicted octanol–water partition coefficient (Wildman–Crippen LogP) is 6.71. The average molecular weight is 583 g/mol. The van der Waals surface area contributed by atoms with Gasteiger partial charge >= 0.3 is 6.03 Å². The van der Waals surface area contributed by atoms with E-state index in [-0.39, 0.29) is 23.9 Å². The van der Waals surface area contributed by atoms with E-state index >= 15 is 0 Å². The van der Waals surface area contributed by atoms with Gasteiger partial charge in [0, 0.05) is 34.6 Å². The molecule has 0 radical (unpaired) electrons. The van der Waals surface area contributed by atoms with E-state index in [0.717, 1.165) is 46.1 Å². The van der Waals surface area contributed by atoms with Crippen LogP contribution in [0.3, 0.4) is 0 Å². The molecule has 0 spiro atoms. The van der Waals surface area contributed by atoms with E-state index < -0.39 is 12.1 Å². The van der Waals surface area contributed by atoms with Gasteiger partial charge in [-0.3, -0.25) is 14.5 Å². The van der Waals surface area contributed by atoms with Gasteiger partial charge in [0.25, 0.3) is 11.8 Å². The Kier molecular flexibility index (Phi) is 7.01. The first kappa shape index (κ1) is 27.7. The molecule has 4 amide bonds. The van der Waals surface area contributed by atoms with Crippen LogP contribution in [-0.2, 0) is 17.6 Å². The minimum absolute atomic E-state index is 0.00777. The van der Waals surface area contributed by atoms with Crippen LogP contribution >= 0.6 is 0 Å². The van der Waals surface area contributed by atoms with Crippen molar-refractivity contribution in [3.05, 3.63) is 137 Å². The van der Waals surface area contributed by atoms with Gasteiger partial charge in [-0.1, -0.05) is 72.8 Å². The molecule has 4 aromatic carbocycles. The maximum absolute atomic E-state index is 14.2. The zero-order valence-electron chi connectivity index (χ0n) is 24.8. The fraction of sp³-hybridized carbons (Fsp3) is 0.216. The Morgan fingerprint density at radius 1 is 0.909 bits per heavy atom. The number of amides is 4. The number of carbonyl (C=O) groups excluding carboxylic acids is 3. The maximum Gasteiger partial charge on any atom is 0.332 e. The van der Waals surface area contributed by atoms with E-state index in [2.05, 4.69) is 28.5 Å². The first-order valence-corrected chi connectivity index (χ1v) is 15.2. The number of aryl methyl sites for hydroxylation is 2. The highest BCUT2D eigenvalue weighted by Crippen LogP contribution is 2.45. The Labute approximate surface area is 256 Å². The third-order valence-corrected chi connectivity index (χ3v) is 9.01. The van der Waals surface area contributed by atoms with E-state index in [0.29, 0.717) is 17.7 Å². The summed E-state index contributed by atoms with van der Waals surface area (Å²) in [7, 11) is 0. The first-order valence-electron chi connectivity index (χ1n) is 15.2. The third-order valence-electron chi connectivity index (χ3n) is 9.01. The van der Waals surface area contributed by atoms with E-state index in [4.69, 9.17) is 0 Å². The van der Waals surface area contributed by atoms with E-state index in [1.54, 1.807) is 29.2 Å². The topological polar surface area (TPSA) is 85.5 Å². The van der Waals surface area contributed by atoms with Crippen molar-refractivity contribution in [2.24, 2.45) is 0 Å². The average Bonchev–Trinajstić information content (AvgIpc) is 3.54. The third kappa shape index (κ3) is 4.74. The molecule has 0 saturated carbocycles. The Bertz CT molecular complexity index is 1880. The molecule has 44 heavy (non-hydrogen) atoms. The van der Waals surface area contributed by atoms with Gasteiger partial charge in [0.15, 0.2) is 0 Å². The summed E-state index contributed by atoms with van der Waals surface area (Å²) in [6.45, 7) is 4.03. The molecule has 1 saturated heterocycles. The van der Waals surface area contributed by atoms with Gasteiger partial charge < -0.3 is 10.3 Å². The summed E-state index contributed by atoms with van der Waals surface area (Å²) in [6, 6.07) is 31.6. The van der Waals surface area contributed by atoms with Gasteiger partial charge in [-0.25, -0.2) is 9.69 Å². The number of urea groups is 1. The number of rotatable bonds is 7. The molecule has 7 nitrogen and oxygen atoms in total. The van der Waals surface area contributed by atoms with Crippen LogP contribution < -0.4 is 10.2 Å². The number of aromatic nitrogens is 1. The lowest BCUT2D eigenvalue weighted by molar-refractivity contribution is -0.120. The van der Waals surface area contributed by atoms with Crippen LogP contribution in [0, 0.1) is 6.92 Å². The second-order valence-electron chi connectivity index (χ2n) is 11.9. The molecule has 2 N–H and O–H groups in total. The highest BCUT2D eigenvalue weighted by molar-refractivity contribution is 6.22. The Balaban J connectivity index is 1.14. The molecule has 0 aliphatic carbocycles. The fourth-order valence-electron chi connectivity index (χ4n) is 6.70. The SMILES string of the molecule is Cc1ccccc1C1c2[nH]c3ccccc3c2CC2C(=O)N(c3ccc(C(=O)NC(C)CCc4ccccc4)cc3)C(=O)N21. The number of nitrogens with one attached hydrogen (secondary N) is 2. The molecule has 7 rings (SSSR count). The van der Waals surface area contributed by atoms with Crippen LogP contribution in [0.15, 0.2) is 103 Å². The molecule has 3 unspecified atom stereocenters. The van der Waals surface area contributed by atoms with Gasteiger partial charge in [0.05, 0.1) is 5.69 Å². The molecular formula is C37H34N4O3. The highest BCUT2D eigenvalue weighted by atomic mass is 16.2. The quantitative estimate of drug-likeness (QED) is 0.209. The number of benzene rings is 4. The lowest BCUT2D eigenvalue weighted by Gasteiger charge is -2.36. The fourth-order valence-corrected chi connectivity index (χ4v) is 6.70. The number of imide groups is 1.